The van der Waals surface area contributed by atoms with Crippen molar-refractivity contribution in [1.82, 2.24) is 15.0 Å². The maximum absolute atomic E-state index is 5.50. The van der Waals surface area contributed by atoms with Gasteiger partial charge in [0.05, 0.1) is 12.7 Å². The SMILES string of the molecule is CCOC(OCC)c1cn(Cc2sccc2Br)nn1. The molecule has 0 spiro atoms. The molecule has 2 heterocycles. The zero-order valence-corrected chi connectivity index (χ0v) is 13.3. The standard InChI is InChI=1S/C12H16BrN3O2S/c1-3-17-12(18-4-2)10-7-16(15-14-10)8-11-9(13)5-6-19-11/h5-7,12H,3-4,8H2,1-2H3. The van der Waals surface area contributed by atoms with Crippen molar-refractivity contribution >= 4 is 27.3 Å². The van der Waals surface area contributed by atoms with Gasteiger partial charge in [-0.05, 0) is 41.2 Å². The van der Waals surface area contributed by atoms with Gasteiger partial charge >= 0.3 is 0 Å². The fourth-order valence-corrected chi connectivity index (χ4v) is 3.07. The lowest BCUT2D eigenvalue weighted by Crippen LogP contribution is -2.09. The fourth-order valence-electron chi connectivity index (χ4n) is 1.61. The van der Waals surface area contributed by atoms with Crippen molar-refractivity contribution in [2.24, 2.45) is 0 Å². The maximum atomic E-state index is 5.50. The average molecular weight is 346 g/mol. The minimum Gasteiger partial charge on any atom is -0.347 e. The molecule has 0 saturated heterocycles. The van der Waals surface area contributed by atoms with Gasteiger partial charge in [0.2, 0.25) is 6.29 Å². The van der Waals surface area contributed by atoms with E-state index < -0.39 is 6.29 Å². The molecule has 104 valence electrons. The molecule has 0 aliphatic rings. The van der Waals surface area contributed by atoms with Crippen LogP contribution in [-0.2, 0) is 16.0 Å². The number of aromatic nitrogens is 3. The minimum absolute atomic E-state index is 0.435. The number of nitrogens with zero attached hydrogens (tertiary/aromatic N) is 3. The van der Waals surface area contributed by atoms with E-state index in [-0.39, 0.29) is 0 Å². The Labute approximate surface area is 124 Å². The molecule has 0 unspecified atom stereocenters. The quantitative estimate of drug-likeness (QED) is 0.723. The first-order valence-corrected chi connectivity index (χ1v) is 7.77. The largest absolute Gasteiger partial charge is 0.347 e. The Hall–Kier alpha value is -0.760. The third-order valence-corrected chi connectivity index (χ3v) is 4.34. The van der Waals surface area contributed by atoms with Gasteiger partial charge in [-0.25, -0.2) is 4.68 Å². The van der Waals surface area contributed by atoms with Crippen LogP contribution >= 0.6 is 27.3 Å². The summed E-state index contributed by atoms with van der Waals surface area (Å²) >= 11 is 5.19. The van der Waals surface area contributed by atoms with Crippen molar-refractivity contribution in [3.8, 4) is 0 Å². The number of ether oxygens (including phenoxy) is 2. The Bertz CT molecular complexity index is 509. The topological polar surface area (TPSA) is 49.2 Å². The van der Waals surface area contributed by atoms with Gasteiger partial charge in [0.25, 0.3) is 0 Å². The number of hydrogen-bond acceptors (Lipinski definition) is 5. The van der Waals surface area contributed by atoms with Gasteiger partial charge in [-0.1, -0.05) is 5.21 Å². The molecule has 0 aliphatic carbocycles. The van der Waals surface area contributed by atoms with E-state index in [0.29, 0.717) is 25.5 Å². The van der Waals surface area contributed by atoms with Gasteiger partial charge < -0.3 is 9.47 Å². The van der Waals surface area contributed by atoms with Crippen LogP contribution in [0, 0.1) is 0 Å². The number of halogens is 1. The second kappa shape index (κ2) is 7.14. The summed E-state index contributed by atoms with van der Waals surface area (Å²) in [6.07, 6.45) is 1.43. The predicted octanol–water partition coefficient (Wildman–Crippen LogP) is 3.22. The molecule has 2 aromatic rings. The molecule has 0 N–H and O–H groups in total. The van der Waals surface area contributed by atoms with Crippen LogP contribution in [0.15, 0.2) is 22.1 Å². The van der Waals surface area contributed by atoms with Crippen molar-refractivity contribution in [3.63, 3.8) is 0 Å². The van der Waals surface area contributed by atoms with Gasteiger partial charge in [0.1, 0.15) is 5.69 Å². The first kappa shape index (κ1) is 14.6. The summed E-state index contributed by atoms with van der Waals surface area (Å²) in [6, 6.07) is 2.03. The summed E-state index contributed by atoms with van der Waals surface area (Å²) in [4.78, 5) is 1.21. The van der Waals surface area contributed by atoms with Crippen LogP contribution in [-0.4, -0.2) is 28.2 Å². The first-order chi connectivity index (χ1) is 9.24. The third kappa shape index (κ3) is 3.85. The number of hydrogen-bond donors (Lipinski definition) is 0. The zero-order chi connectivity index (χ0) is 13.7. The lowest BCUT2D eigenvalue weighted by atomic mass is 10.4. The van der Waals surface area contributed by atoms with E-state index in [4.69, 9.17) is 9.47 Å². The molecule has 0 atom stereocenters. The highest BCUT2D eigenvalue weighted by molar-refractivity contribution is 9.10. The van der Waals surface area contributed by atoms with E-state index in [0.717, 1.165) is 4.47 Å². The van der Waals surface area contributed by atoms with Gasteiger partial charge in [-0.2, -0.15) is 0 Å². The summed E-state index contributed by atoms with van der Waals surface area (Å²) in [7, 11) is 0. The Balaban J connectivity index is 2.07. The normalized spacial score (nSPS) is 11.4. The highest BCUT2D eigenvalue weighted by Crippen LogP contribution is 2.24. The second-order valence-electron chi connectivity index (χ2n) is 3.78. The molecule has 2 aromatic heterocycles. The highest BCUT2D eigenvalue weighted by atomic mass is 79.9. The molecule has 19 heavy (non-hydrogen) atoms. The lowest BCUT2D eigenvalue weighted by molar-refractivity contribution is -0.142. The minimum atomic E-state index is -0.435. The van der Waals surface area contributed by atoms with Gasteiger partial charge in [0, 0.05) is 22.6 Å². The lowest BCUT2D eigenvalue weighted by Gasteiger charge is -2.13. The molecule has 0 saturated carbocycles. The maximum Gasteiger partial charge on any atom is 0.204 e. The molecule has 0 aliphatic heterocycles. The molecule has 0 bridgehead atoms. The Kier molecular flexibility index (Phi) is 5.50. The van der Waals surface area contributed by atoms with Crippen LogP contribution in [0.3, 0.4) is 0 Å². The van der Waals surface area contributed by atoms with E-state index >= 15 is 0 Å². The molecule has 0 radical (unpaired) electrons. The first-order valence-electron chi connectivity index (χ1n) is 6.09. The number of rotatable bonds is 7. The van der Waals surface area contributed by atoms with Crippen molar-refractivity contribution in [2.75, 3.05) is 13.2 Å². The van der Waals surface area contributed by atoms with Gasteiger partial charge in [0.15, 0.2) is 0 Å². The fraction of sp³-hybridized carbons (Fsp3) is 0.500. The average Bonchev–Trinajstić information content (AvgIpc) is 3.00. The van der Waals surface area contributed by atoms with Crippen LogP contribution < -0.4 is 0 Å². The number of thiophene rings is 1. The molecule has 2 rings (SSSR count). The molecule has 0 aromatic carbocycles. The second-order valence-corrected chi connectivity index (χ2v) is 5.63. The Morgan fingerprint density at radius 3 is 2.68 bits per heavy atom. The van der Waals surface area contributed by atoms with Crippen LogP contribution in [0.4, 0.5) is 0 Å². The van der Waals surface area contributed by atoms with Crippen molar-refractivity contribution in [3.05, 3.63) is 32.7 Å². The summed E-state index contributed by atoms with van der Waals surface area (Å²) in [5.74, 6) is 0. The predicted molar refractivity (Wildman–Crippen MR) is 77.1 cm³/mol. The van der Waals surface area contributed by atoms with Crippen LogP contribution in [0.25, 0.3) is 0 Å². The molecule has 5 nitrogen and oxygen atoms in total. The Morgan fingerprint density at radius 2 is 2.11 bits per heavy atom. The molecule has 0 fully saturated rings. The van der Waals surface area contributed by atoms with Crippen LogP contribution in [0.2, 0.25) is 0 Å². The van der Waals surface area contributed by atoms with Gasteiger partial charge in [-0.15, -0.1) is 16.4 Å². The highest BCUT2D eigenvalue weighted by Gasteiger charge is 2.16. The summed E-state index contributed by atoms with van der Waals surface area (Å²) in [5.41, 5.74) is 0.705. The van der Waals surface area contributed by atoms with Crippen LogP contribution in [0.1, 0.15) is 30.7 Å². The third-order valence-electron chi connectivity index (χ3n) is 2.43. The molecular formula is C12H16BrN3O2S. The van der Waals surface area contributed by atoms with E-state index in [9.17, 15) is 0 Å². The van der Waals surface area contributed by atoms with Crippen LogP contribution in [0.5, 0.6) is 0 Å². The summed E-state index contributed by atoms with van der Waals surface area (Å²) < 4.78 is 13.9. The summed E-state index contributed by atoms with van der Waals surface area (Å²) in [6.45, 7) is 5.70. The van der Waals surface area contributed by atoms with E-state index in [1.807, 2.05) is 31.5 Å². The monoisotopic (exact) mass is 345 g/mol. The summed E-state index contributed by atoms with van der Waals surface area (Å²) in [5, 5.41) is 10.3. The van der Waals surface area contributed by atoms with E-state index in [1.165, 1.54) is 4.88 Å². The molecule has 7 heteroatoms. The van der Waals surface area contributed by atoms with Gasteiger partial charge in [-0.3, -0.25) is 0 Å². The van der Waals surface area contributed by atoms with E-state index in [1.54, 1.807) is 16.0 Å². The molecule has 0 amide bonds. The zero-order valence-electron chi connectivity index (χ0n) is 10.9. The van der Waals surface area contributed by atoms with Crippen molar-refractivity contribution in [1.29, 1.82) is 0 Å². The smallest absolute Gasteiger partial charge is 0.204 e. The Morgan fingerprint density at radius 1 is 1.37 bits per heavy atom. The molecular weight excluding hydrogens is 330 g/mol. The van der Waals surface area contributed by atoms with E-state index in [2.05, 4.69) is 26.2 Å². The van der Waals surface area contributed by atoms with Crippen molar-refractivity contribution < 1.29 is 9.47 Å². The van der Waals surface area contributed by atoms with Crippen molar-refractivity contribution in [2.45, 2.75) is 26.7 Å².